The van der Waals surface area contributed by atoms with Crippen molar-refractivity contribution in [3.63, 3.8) is 0 Å². The van der Waals surface area contributed by atoms with Gasteiger partial charge in [-0.25, -0.2) is 12.7 Å². The van der Waals surface area contributed by atoms with Crippen LogP contribution in [0.4, 0.5) is 0 Å². The van der Waals surface area contributed by atoms with E-state index < -0.39 is 10.0 Å². The van der Waals surface area contributed by atoms with Crippen molar-refractivity contribution in [3.05, 3.63) is 0 Å². The van der Waals surface area contributed by atoms with Crippen LogP contribution in [0.25, 0.3) is 0 Å². The second-order valence-corrected chi connectivity index (χ2v) is 8.07. The summed E-state index contributed by atoms with van der Waals surface area (Å²) in [6.45, 7) is 9.00. The number of piperidine rings is 1. The molecule has 2 N–H and O–H groups in total. The Balaban J connectivity index is 2.71. The zero-order valence-electron chi connectivity index (χ0n) is 10.7. The summed E-state index contributed by atoms with van der Waals surface area (Å²) >= 11 is 0. The predicted molar refractivity (Wildman–Crippen MR) is 66.6 cm³/mol. The minimum absolute atomic E-state index is 0.140. The summed E-state index contributed by atoms with van der Waals surface area (Å²) in [6.07, 6.45) is 0.768. The molecule has 0 bridgehead atoms. The molecule has 16 heavy (non-hydrogen) atoms. The number of sulfonamides is 1. The van der Waals surface area contributed by atoms with Gasteiger partial charge < -0.3 is 5.73 Å². The lowest BCUT2D eigenvalue weighted by molar-refractivity contribution is 0.247. The van der Waals surface area contributed by atoms with Crippen molar-refractivity contribution in [2.75, 3.05) is 18.8 Å². The molecule has 0 saturated carbocycles. The molecule has 0 spiro atoms. The van der Waals surface area contributed by atoms with E-state index in [1.165, 1.54) is 0 Å². The molecule has 2 atom stereocenters. The minimum atomic E-state index is -3.12. The lowest BCUT2D eigenvalue weighted by Crippen LogP contribution is -2.49. The van der Waals surface area contributed by atoms with Gasteiger partial charge in [-0.2, -0.15) is 0 Å². The highest BCUT2D eigenvalue weighted by Gasteiger charge is 2.33. The summed E-state index contributed by atoms with van der Waals surface area (Å²) in [5, 5.41) is 0. The van der Waals surface area contributed by atoms with Crippen molar-refractivity contribution in [2.24, 2.45) is 17.1 Å². The van der Waals surface area contributed by atoms with Crippen molar-refractivity contribution in [3.8, 4) is 0 Å². The van der Waals surface area contributed by atoms with Gasteiger partial charge in [0.15, 0.2) is 0 Å². The molecule has 0 aromatic carbocycles. The van der Waals surface area contributed by atoms with Crippen LogP contribution in [0.2, 0.25) is 0 Å². The van der Waals surface area contributed by atoms with E-state index in [1.807, 2.05) is 27.7 Å². The summed E-state index contributed by atoms with van der Waals surface area (Å²) in [4.78, 5) is 0. The molecule has 4 nitrogen and oxygen atoms in total. The number of hydrogen-bond acceptors (Lipinski definition) is 3. The van der Waals surface area contributed by atoms with Crippen LogP contribution in [0.3, 0.4) is 0 Å². The largest absolute Gasteiger partial charge is 0.327 e. The maximum Gasteiger partial charge on any atom is 0.214 e. The molecule has 1 aliphatic heterocycles. The lowest BCUT2D eigenvalue weighted by Gasteiger charge is -2.35. The molecule has 0 aromatic heterocycles. The number of hydrogen-bond donors (Lipinski definition) is 1. The predicted octanol–water partition coefficient (Wildman–Crippen LogP) is 1.03. The van der Waals surface area contributed by atoms with Gasteiger partial charge in [-0.3, -0.25) is 0 Å². The summed E-state index contributed by atoms with van der Waals surface area (Å²) in [5.74, 6) is 0.464. The Bertz CT molecular complexity index is 332. The van der Waals surface area contributed by atoms with Crippen LogP contribution < -0.4 is 5.73 Å². The molecule has 96 valence electrons. The van der Waals surface area contributed by atoms with E-state index in [1.54, 1.807) is 4.31 Å². The Morgan fingerprint density at radius 3 is 2.38 bits per heavy atom. The first-order valence-corrected chi connectivity index (χ1v) is 7.46. The number of nitrogens with zero attached hydrogens (tertiary/aromatic N) is 1. The monoisotopic (exact) mass is 248 g/mol. The fraction of sp³-hybridized carbons (Fsp3) is 1.00. The molecule has 5 heteroatoms. The van der Waals surface area contributed by atoms with E-state index in [0.717, 1.165) is 6.42 Å². The van der Waals surface area contributed by atoms with Gasteiger partial charge in [-0.1, -0.05) is 27.7 Å². The third-order valence-electron chi connectivity index (χ3n) is 2.94. The number of rotatable bonds is 2. The van der Waals surface area contributed by atoms with Gasteiger partial charge >= 0.3 is 0 Å². The molecule has 0 aromatic rings. The summed E-state index contributed by atoms with van der Waals surface area (Å²) < 4.78 is 25.9. The molecular weight excluding hydrogens is 224 g/mol. The van der Waals surface area contributed by atoms with Gasteiger partial charge in [0.25, 0.3) is 0 Å². The van der Waals surface area contributed by atoms with Gasteiger partial charge in [0.1, 0.15) is 0 Å². The molecule has 1 rings (SSSR count). The second-order valence-electron chi connectivity index (χ2n) is 6.10. The minimum Gasteiger partial charge on any atom is -0.327 e. The first kappa shape index (κ1) is 13.9. The Hall–Kier alpha value is -0.130. The van der Waals surface area contributed by atoms with E-state index in [-0.39, 0.29) is 23.1 Å². The van der Waals surface area contributed by atoms with Crippen molar-refractivity contribution < 1.29 is 8.42 Å². The molecule has 1 heterocycles. The van der Waals surface area contributed by atoms with Crippen LogP contribution in [-0.2, 0) is 10.0 Å². The van der Waals surface area contributed by atoms with Crippen LogP contribution in [0.1, 0.15) is 34.1 Å². The van der Waals surface area contributed by atoms with E-state index in [4.69, 9.17) is 5.73 Å². The maximum atomic E-state index is 12.1. The summed E-state index contributed by atoms with van der Waals surface area (Å²) in [7, 11) is -3.12. The first-order chi connectivity index (χ1) is 7.12. The van der Waals surface area contributed by atoms with Gasteiger partial charge in [0.05, 0.1) is 5.75 Å². The summed E-state index contributed by atoms with van der Waals surface area (Å²) in [5.41, 5.74) is 5.70. The van der Waals surface area contributed by atoms with Gasteiger partial charge in [0.2, 0.25) is 10.0 Å². The molecule has 1 aliphatic rings. The van der Waals surface area contributed by atoms with Gasteiger partial charge in [0, 0.05) is 19.1 Å². The van der Waals surface area contributed by atoms with E-state index in [2.05, 4.69) is 0 Å². The smallest absolute Gasteiger partial charge is 0.214 e. The van der Waals surface area contributed by atoms with Crippen LogP contribution in [-0.4, -0.2) is 37.6 Å². The van der Waals surface area contributed by atoms with Crippen molar-refractivity contribution in [2.45, 2.75) is 40.2 Å². The van der Waals surface area contributed by atoms with Crippen LogP contribution >= 0.6 is 0 Å². The molecule has 1 saturated heterocycles. The van der Waals surface area contributed by atoms with Crippen LogP contribution in [0.5, 0.6) is 0 Å². The molecule has 0 aliphatic carbocycles. The zero-order valence-corrected chi connectivity index (χ0v) is 11.5. The fourth-order valence-electron chi connectivity index (χ4n) is 2.02. The number of nitrogens with two attached hydrogens (primary N) is 1. The highest BCUT2D eigenvalue weighted by atomic mass is 32.2. The fourth-order valence-corrected chi connectivity index (χ4v) is 4.14. The van der Waals surface area contributed by atoms with Crippen LogP contribution in [0, 0.1) is 11.3 Å². The first-order valence-electron chi connectivity index (χ1n) is 5.85. The second kappa shape index (κ2) is 4.63. The van der Waals surface area contributed by atoms with Crippen molar-refractivity contribution >= 4 is 10.0 Å². The Labute approximate surface area is 99.2 Å². The molecule has 0 amide bonds. The molecular formula is C11H24N2O2S. The topological polar surface area (TPSA) is 63.4 Å². The maximum absolute atomic E-state index is 12.1. The Morgan fingerprint density at radius 1 is 1.38 bits per heavy atom. The Kier molecular flexibility index (Phi) is 4.03. The summed E-state index contributed by atoms with van der Waals surface area (Å²) in [6, 6.07) is 0.140. The van der Waals surface area contributed by atoms with E-state index in [0.29, 0.717) is 13.1 Å². The SMILES string of the molecule is CC1CN(S(=O)(=O)CC(C)(C)C)CCC1N. The average molecular weight is 248 g/mol. The quantitative estimate of drug-likeness (QED) is 0.794. The van der Waals surface area contributed by atoms with E-state index in [9.17, 15) is 8.42 Å². The highest BCUT2D eigenvalue weighted by Crippen LogP contribution is 2.23. The van der Waals surface area contributed by atoms with Gasteiger partial charge in [-0.05, 0) is 17.8 Å². The Morgan fingerprint density at radius 2 is 1.94 bits per heavy atom. The standard InChI is InChI=1S/C11H24N2O2S/c1-9-7-13(6-5-10(9)12)16(14,15)8-11(2,3)4/h9-10H,5-8,12H2,1-4H3. The third kappa shape index (κ3) is 3.71. The molecule has 1 fully saturated rings. The normalized spacial score (nSPS) is 29.3. The van der Waals surface area contributed by atoms with Crippen molar-refractivity contribution in [1.82, 2.24) is 4.31 Å². The lowest BCUT2D eigenvalue weighted by atomic mass is 9.96. The van der Waals surface area contributed by atoms with Crippen molar-refractivity contribution in [1.29, 1.82) is 0 Å². The van der Waals surface area contributed by atoms with Gasteiger partial charge in [-0.15, -0.1) is 0 Å². The van der Waals surface area contributed by atoms with E-state index >= 15 is 0 Å². The molecule has 0 radical (unpaired) electrons. The van der Waals surface area contributed by atoms with Crippen LogP contribution in [0.15, 0.2) is 0 Å². The highest BCUT2D eigenvalue weighted by molar-refractivity contribution is 7.89. The third-order valence-corrected chi connectivity index (χ3v) is 5.29. The molecule has 2 unspecified atom stereocenters. The zero-order chi connectivity index (χ0) is 12.6. The average Bonchev–Trinajstić information content (AvgIpc) is 2.05.